The molecule has 0 spiro atoms. The first-order chi connectivity index (χ1) is 8.04. The third-order valence-corrected chi connectivity index (χ3v) is 2.00. The van der Waals surface area contributed by atoms with E-state index in [1.54, 1.807) is 7.11 Å². The lowest BCUT2D eigenvalue weighted by Gasteiger charge is -2.21. The van der Waals surface area contributed by atoms with E-state index in [2.05, 4.69) is 11.7 Å². The summed E-state index contributed by atoms with van der Waals surface area (Å²) in [6.07, 6.45) is 3.02. The van der Waals surface area contributed by atoms with E-state index in [0.29, 0.717) is 19.8 Å². The van der Waals surface area contributed by atoms with E-state index in [-0.39, 0.29) is 13.2 Å². The molecule has 5 nitrogen and oxygen atoms in total. The largest absolute Gasteiger partial charge is 0.394 e. The molecule has 0 heterocycles. The molecule has 17 heavy (non-hydrogen) atoms. The summed E-state index contributed by atoms with van der Waals surface area (Å²) in [6, 6.07) is 0. The fourth-order valence-corrected chi connectivity index (χ4v) is 1.17. The van der Waals surface area contributed by atoms with Crippen LogP contribution in [0.3, 0.4) is 0 Å². The van der Waals surface area contributed by atoms with E-state index in [9.17, 15) is 5.11 Å². The van der Waals surface area contributed by atoms with Crippen molar-refractivity contribution >= 4 is 0 Å². The molecular formula is C12H28O5. The minimum atomic E-state index is -0.620. The van der Waals surface area contributed by atoms with E-state index < -0.39 is 5.60 Å². The van der Waals surface area contributed by atoms with Gasteiger partial charge in [0.25, 0.3) is 0 Å². The van der Waals surface area contributed by atoms with Gasteiger partial charge in [-0.15, -0.1) is 0 Å². The third kappa shape index (κ3) is 18.4. The van der Waals surface area contributed by atoms with Crippen LogP contribution in [-0.2, 0) is 9.47 Å². The molecule has 0 aliphatic heterocycles. The summed E-state index contributed by atoms with van der Waals surface area (Å²) in [4.78, 5) is 0. The van der Waals surface area contributed by atoms with Gasteiger partial charge in [-0.05, 0) is 13.3 Å². The maximum absolute atomic E-state index is 9.52. The van der Waals surface area contributed by atoms with Gasteiger partial charge >= 0.3 is 0 Å². The Morgan fingerprint density at radius 3 is 2.00 bits per heavy atom. The lowest BCUT2D eigenvalue weighted by Crippen LogP contribution is -2.29. The van der Waals surface area contributed by atoms with Crippen molar-refractivity contribution in [1.82, 2.24) is 0 Å². The highest BCUT2D eigenvalue weighted by Crippen LogP contribution is 2.12. The molecule has 0 radical (unpaired) electrons. The summed E-state index contributed by atoms with van der Waals surface area (Å²) < 4.78 is 9.49. The molecular weight excluding hydrogens is 224 g/mol. The average Bonchev–Trinajstić information content (AvgIpc) is 2.28. The fraction of sp³-hybridized carbons (Fsp3) is 1.00. The van der Waals surface area contributed by atoms with Crippen LogP contribution in [0.4, 0.5) is 0 Å². The van der Waals surface area contributed by atoms with E-state index in [1.165, 1.54) is 0 Å². The third-order valence-electron chi connectivity index (χ3n) is 2.00. The zero-order chi connectivity index (χ0) is 13.6. The molecule has 0 bridgehead atoms. The van der Waals surface area contributed by atoms with Crippen LogP contribution in [0, 0.1) is 0 Å². The minimum Gasteiger partial charge on any atom is -0.394 e. The first kappa shape index (κ1) is 19.1. The van der Waals surface area contributed by atoms with Crippen LogP contribution in [-0.4, -0.2) is 61.1 Å². The number of methoxy groups -OCH3 is 1. The molecule has 3 N–H and O–H groups in total. The number of hydrogen-bond donors (Lipinski definition) is 3. The predicted octanol–water partition coefficient (Wildman–Crippen LogP) is 0.562. The Kier molecular flexibility index (Phi) is 15.6. The molecule has 0 amide bonds. The van der Waals surface area contributed by atoms with E-state index >= 15 is 0 Å². The lowest BCUT2D eigenvalue weighted by molar-refractivity contribution is -0.0239. The van der Waals surface area contributed by atoms with Crippen LogP contribution in [0.5, 0.6) is 0 Å². The topological polar surface area (TPSA) is 79.2 Å². The Morgan fingerprint density at radius 1 is 1.12 bits per heavy atom. The highest BCUT2D eigenvalue weighted by atomic mass is 16.5. The van der Waals surface area contributed by atoms with Crippen LogP contribution in [0.15, 0.2) is 0 Å². The van der Waals surface area contributed by atoms with Gasteiger partial charge in [0.05, 0.1) is 38.6 Å². The van der Waals surface area contributed by atoms with Crippen molar-refractivity contribution in [3.63, 3.8) is 0 Å². The van der Waals surface area contributed by atoms with Gasteiger partial charge in [0, 0.05) is 7.11 Å². The molecule has 1 unspecified atom stereocenters. The van der Waals surface area contributed by atoms with Crippen LogP contribution >= 0.6 is 0 Å². The Bertz CT molecular complexity index is 135. The summed E-state index contributed by atoms with van der Waals surface area (Å²) in [7, 11) is 1.61. The van der Waals surface area contributed by atoms with Crippen molar-refractivity contribution in [2.45, 2.75) is 38.7 Å². The molecule has 0 aromatic carbocycles. The summed E-state index contributed by atoms with van der Waals surface area (Å²) in [5, 5.41) is 25.7. The second-order valence-corrected chi connectivity index (χ2v) is 4.09. The highest BCUT2D eigenvalue weighted by molar-refractivity contribution is 4.70. The smallest absolute Gasteiger partial charge is 0.0852 e. The highest BCUT2D eigenvalue weighted by Gasteiger charge is 2.18. The monoisotopic (exact) mass is 252 g/mol. The van der Waals surface area contributed by atoms with Gasteiger partial charge in [-0.3, -0.25) is 0 Å². The molecule has 0 aromatic heterocycles. The van der Waals surface area contributed by atoms with Crippen molar-refractivity contribution in [2.24, 2.45) is 0 Å². The first-order valence-corrected chi connectivity index (χ1v) is 6.04. The van der Waals surface area contributed by atoms with Crippen LogP contribution in [0.25, 0.3) is 0 Å². The number of aliphatic hydroxyl groups is 3. The van der Waals surface area contributed by atoms with E-state index in [1.807, 2.05) is 6.92 Å². The van der Waals surface area contributed by atoms with Gasteiger partial charge in [-0.1, -0.05) is 19.8 Å². The molecule has 106 valence electrons. The van der Waals surface area contributed by atoms with Crippen molar-refractivity contribution in [3.8, 4) is 0 Å². The fourth-order valence-electron chi connectivity index (χ4n) is 1.17. The molecule has 1 atom stereocenters. The summed E-state index contributed by atoms with van der Waals surface area (Å²) in [6.45, 7) is 5.06. The van der Waals surface area contributed by atoms with E-state index in [0.717, 1.165) is 19.3 Å². The van der Waals surface area contributed by atoms with Crippen molar-refractivity contribution in [3.05, 3.63) is 0 Å². The van der Waals surface area contributed by atoms with Crippen LogP contribution in [0.2, 0.25) is 0 Å². The van der Waals surface area contributed by atoms with Crippen molar-refractivity contribution in [1.29, 1.82) is 0 Å². The standard InChI is InChI=1S/C8H18O2.C4H10O3/c1-4-5-6-8(2,9)7-10-3;5-1-3-7-4-2-6/h9H,4-7H2,1-3H3;5-6H,1-4H2. The van der Waals surface area contributed by atoms with Gasteiger partial charge in [-0.25, -0.2) is 0 Å². The zero-order valence-corrected chi connectivity index (χ0v) is 11.3. The van der Waals surface area contributed by atoms with Crippen LogP contribution in [0.1, 0.15) is 33.1 Å². The van der Waals surface area contributed by atoms with Crippen LogP contribution < -0.4 is 0 Å². The number of hydrogen-bond acceptors (Lipinski definition) is 5. The molecule has 0 saturated heterocycles. The Morgan fingerprint density at radius 2 is 1.65 bits per heavy atom. The van der Waals surface area contributed by atoms with Gasteiger partial charge in [0.15, 0.2) is 0 Å². The molecule has 0 fully saturated rings. The molecule has 5 heteroatoms. The maximum atomic E-state index is 9.52. The Balaban J connectivity index is 0. The van der Waals surface area contributed by atoms with Gasteiger partial charge in [0.2, 0.25) is 0 Å². The first-order valence-electron chi connectivity index (χ1n) is 6.04. The van der Waals surface area contributed by atoms with Gasteiger partial charge in [0.1, 0.15) is 0 Å². The molecule has 0 aromatic rings. The quantitative estimate of drug-likeness (QED) is 0.523. The molecule has 0 aliphatic rings. The molecule has 0 saturated carbocycles. The lowest BCUT2D eigenvalue weighted by atomic mass is 10.0. The number of aliphatic hydroxyl groups excluding tert-OH is 2. The number of rotatable bonds is 9. The normalized spacial score (nSPS) is 13.8. The van der Waals surface area contributed by atoms with Gasteiger partial charge < -0.3 is 24.8 Å². The van der Waals surface area contributed by atoms with Gasteiger partial charge in [-0.2, -0.15) is 0 Å². The summed E-state index contributed by atoms with van der Waals surface area (Å²) >= 11 is 0. The maximum Gasteiger partial charge on any atom is 0.0852 e. The minimum absolute atomic E-state index is 0.0278. The number of ether oxygens (including phenoxy) is 2. The van der Waals surface area contributed by atoms with Crippen molar-refractivity contribution in [2.75, 3.05) is 40.1 Å². The predicted molar refractivity (Wildman–Crippen MR) is 67.0 cm³/mol. The Hall–Kier alpha value is -0.200. The Labute approximate surface area is 104 Å². The molecule has 0 rings (SSSR count). The summed E-state index contributed by atoms with van der Waals surface area (Å²) in [5.74, 6) is 0. The second kappa shape index (κ2) is 13.9. The van der Waals surface area contributed by atoms with Crippen molar-refractivity contribution < 1.29 is 24.8 Å². The average molecular weight is 252 g/mol. The number of unbranched alkanes of at least 4 members (excludes halogenated alkanes) is 1. The second-order valence-electron chi connectivity index (χ2n) is 4.09. The zero-order valence-electron chi connectivity index (χ0n) is 11.3. The molecule has 0 aliphatic carbocycles. The summed E-state index contributed by atoms with van der Waals surface area (Å²) in [5.41, 5.74) is -0.620. The van der Waals surface area contributed by atoms with E-state index in [4.69, 9.17) is 14.9 Å². The SMILES string of the molecule is CCCCC(C)(O)COC.OCCOCCO.